The summed E-state index contributed by atoms with van der Waals surface area (Å²) in [7, 11) is 0. The minimum atomic E-state index is 0.126. The molecular weight excluding hydrogens is 276 g/mol. The van der Waals surface area contributed by atoms with Crippen molar-refractivity contribution in [2.45, 2.75) is 51.5 Å². The number of nitrogens with one attached hydrogen (secondary N) is 1. The zero-order valence-electron chi connectivity index (χ0n) is 13.5. The summed E-state index contributed by atoms with van der Waals surface area (Å²) >= 11 is 1.75. The third-order valence-corrected chi connectivity index (χ3v) is 4.80. The molecular formula is C18H26N2S. The maximum Gasteiger partial charge on any atom is 0.0794 e. The van der Waals surface area contributed by atoms with Crippen LogP contribution in [-0.2, 0) is 11.8 Å². The highest BCUT2D eigenvalue weighted by atomic mass is 32.1. The summed E-state index contributed by atoms with van der Waals surface area (Å²) < 4.78 is 0. The first-order chi connectivity index (χ1) is 9.95. The first kappa shape index (κ1) is 16.2. The van der Waals surface area contributed by atoms with Crippen LogP contribution in [0.2, 0.25) is 0 Å². The van der Waals surface area contributed by atoms with Gasteiger partial charge in [-0.15, -0.1) is 11.3 Å². The Bertz CT molecular complexity index is 528. The van der Waals surface area contributed by atoms with Gasteiger partial charge in [0.2, 0.25) is 0 Å². The highest BCUT2D eigenvalue weighted by molar-refractivity contribution is 7.09. The Labute approximate surface area is 132 Å². The molecule has 0 saturated carbocycles. The van der Waals surface area contributed by atoms with E-state index in [1.54, 1.807) is 11.3 Å². The fraction of sp³-hybridized carbons (Fsp3) is 0.500. The van der Waals surface area contributed by atoms with Crippen molar-refractivity contribution in [3.05, 3.63) is 52.5 Å². The highest BCUT2D eigenvalue weighted by Crippen LogP contribution is 2.33. The summed E-state index contributed by atoms with van der Waals surface area (Å²) in [6.07, 6.45) is 4.16. The van der Waals surface area contributed by atoms with E-state index in [1.165, 1.54) is 10.4 Å². The van der Waals surface area contributed by atoms with Crippen LogP contribution in [0.5, 0.6) is 0 Å². The molecule has 0 fully saturated rings. The highest BCUT2D eigenvalue weighted by Gasteiger charge is 2.32. The van der Waals surface area contributed by atoms with Gasteiger partial charge in [0.05, 0.1) is 5.51 Å². The number of rotatable bonds is 6. The van der Waals surface area contributed by atoms with Gasteiger partial charge in [0, 0.05) is 28.6 Å². The molecule has 1 unspecified atom stereocenters. The molecule has 1 atom stereocenters. The van der Waals surface area contributed by atoms with Crippen LogP contribution in [0, 0.1) is 0 Å². The summed E-state index contributed by atoms with van der Waals surface area (Å²) in [5.74, 6) is 0. The summed E-state index contributed by atoms with van der Waals surface area (Å²) in [5, 5.41) is 3.71. The molecule has 0 saturated heterocycles. The maximum absolute atomic E-state index is 4.24. The second-order valence-electron chi connectivity index (χ2n) is 6.75. The quantitative estimate of drug-likeness (QED) is 0.854. The predicted octanol–water partition coefficient (Wildman–Crippen LogP) is 4.42. The van der Waals surface area contributed by atoms with Gasteiger partial charge in [-0.3, -0.25) is 4.98 Å². The molecule has 0 amide bonds. The normalized spacial score (nSPS) is 14.9. The molecule has 0 aliphatic rings. The Hall–Kier alpha value is -1.19. The molecule has 21 heavy (non-hydrogen) atoms. The van der Waals surface area contributed by atoms with Crippen LogP contribution in [0.25, 0.3) is 0 Å². The Morgan fingerprint density at radius 3 is 2.38 bits per heavy atom. The Morgan fingerprint density at radius 1 is 1.14 bits per heavy atom. The van der Waals surface area contributed by atoms with Crippen LogP contribution in [0.4, 0.5) is 0 Å². The second-order valence-corrected chi connectivity index (χ2v) is 7.72. The molecule has 1 aromatic heterocycles. The SMILES string of the molecule is CCC(CNC(C)(C)C)(Cc1cncs1)c1ccccc1. The maximum atomic E-state index is 4.24. The van der Waals surface area contributed by atoms with Crippen molar-refractivity contribution in [1.82, 2.24) is 10.3 Å². The van der Waals surface area contributed by atoms with Crippen LogP contribution in [0.3, 0.4) is 0 Å². The summed E-state index contributed by atoms with van der Waals surface area (Å²) in [6.45, 7) is 9.95. The lowest BCUT2D eigenvalue weighted by Gasteiger charge is -2.36. The molecule has 0 aliphatic carbocycles. The fourth-order valence-electron chi connectivity index (χ4n) is 2.61. The van der Waals surface area contributed by atoms with E-state index in [-0.39, 0.29) is 11.0 Å². The third-order valence-electron chi connectivity index (χ3n) is 4.02. The van der Waals surface area contributed by atoms with E-state index in [2.05, 4.69) is 68.3 Å². The lowest BCUT2D eigenvalue weighted by molar-refractivity contribution is 0.319. The molecule has 2 rings (SSSR count). The van der Waals surface area contributed by atoms with Crippen LogP contribution >= 0.6 is 11.3 Å². The molecule has 1 heterocycles. The van der Waals surface area contributed by atoms with Gasteiger partial charge in [-0.1, -0.05) is 37.3 Å². The standard InChI is InChI=1S/C18H26N2S/c1-5-18(13-20-17(2,3)4,11-16-12-19-14-21-16)15-9-7-6-8-10-15/h6-10,12,14,20H,5,11,13H2,1-4H3. The van der Waals surface area contributed by atoms with E-state index < -0.39 is 0 Å². The van der Waals surface area contributed by atoms with Crippen molar-refractivity contribution in [2.75, 3.05) is 6.54 Å². The molecule has 0 radical (unpaired) electrons. The predicted molar refractivity (Wildman–Crippen MR) is 92.0 cm³/mol. The number of hydrogen-bond donors (Lipinski definition) is 1. The van der Waals surface area contributed by atoms with E-state index in [1.807, 2.05) is 11.7 Å². The summed E-state index contributed by atoms with van der Waals surface area (Å²) in [5.41, 5.74) is 3.60. The van der Waals surface area contributed by atoms with Crippen LogP contribution < -0.4 is 5.32 Å². The van der Waals surface area contributed by atoms with Gasteiger partial charge < -0.3 is 5.32 Å². The fourth-order valence-corrected chi connectivity index (χ4v) is 3.35. The van der Waals surface area contributed by atoms with Crippen LogP contribution in [0.1, 0.15) is 44.6 Å². The smallest absolute Gasteiger partial charge is 0.0794 e. The van der Waals surface area contributed by atoms with Crippen LogP contribution in [-0.4, -0.2) is 17.1 Å². The Kier molecular flexibility index (Phi) is 5.17. The van der Waals surface area contributed by atoms with Gasteiger partial charge in [-0.25, -0.2) is 0 Å². The molecule has 2 nitrogen and oxygen atoms in total. The molecule has 114 valence electrons. The molecule has 3 heteroatoms. The van der Waals surface area contributed by atoms with Gasteiger partial charge >= 0.3 is 0 Å². The lowest BCUT2D eigenvalue weighted by atomic mass is 9.74. The third kappa shape index (κ3) is 4.39. The molecule has 2 aromatic rings. The minimum Gasteiger partial charge on any atom is -0.311 e. The van der Waals surface area contributed by atoms with E-state index in [4.69, 9.17) is 0 Å². The van der Waals surface area contributed by atoms with E-state index in [0.717, 1.165) is 19.4 Å². The van der Waals surface area contributed by atoms with Crippen LogP contribution in [0.15, 0.2) is 42.0 Å². The van der Waals surface area contributed by atoms with Gasteiger partial charge in [-0.05, 0) is 39.2 Å². The average Bonchev–Trinajstić information content (AvgIpc) is 2.96. The first-order valence-corrected chi connectivity index (χ1v) is 8.51. The van der Waals surface area contributed by atoms with E-state index in [0.29, 0.717) is 0 Å². The number of benzene rings is 1. The monoisotopic (exact) mass is 302 g/mol. The second kappa shape index (κ2) is 6.71. The molecule has 0 spiro atoms. The molecule has 1 N–H and O–H groups in total. The van der Waals surface area contributed by atoms with Crippen molar-refractivity contribution in [2.24, 2.45) is 0 Å². The van der Waals surface area contributed by atoms with Crippen molar-refractivity contribution in [3.8, 4) is 0 Å². The van der Waals surface area contributed by atoms with Gasteiger partial charge in [0.1, 0.15) is 0 Å². The van der Waals surface area contributed by atoms with Crippen molar-refractivity contribution < 1.29 is 0 Å². The minimum absolute atomic E-state index is 0.126. The first-order valence-electron chi connectivity index (χ1n) is 7.63. The van der Waals surface area contributed by atoms with Gasteiger partial charge in [0.25, 0.3) is 0 Å². The molecule has 0 aliphatic heterocycles. The zero-order valence-corrected chi connectivity index (χ0v) is 14.3. The Morgan fingerprint density at radius 2 is 1.86 bits per heavy atom. The number of nitrogens with zero attached hydrogens (tertiary/aromatic N) is 1. The molecule has 0 bridgehead atoms. The van der Waals surface area contributed by atoms with Gasteiger partial charge in [-0.2, -0.15) is 0 Å². The van der Waals surface area contributed by atoms with E-state index >= 15 is 0 Å². The largest absolute Gasteiger partial charge is 0.311 e. The topological polar surface area (TPSA) is 24.9 Å². The zero-order chi connectivity index (χ0) is 15.3. The average molecular weight is 302 g/mol. The number of thiazole rings is 1. The number of aromatic nitrogens is 1. The molecule has 1 aromatic carbocycles. The van der Waals surface area contributed by atoms with Crippen molar-refractivity contribution in [1.29, 1.82) is 0 Å². The van der Waals surface area contributed by atoms with Crippen molar-refractivity contribution >= 4 is 11.3 Å². The summed E-state index contributed by atoms with van der Waals surface area (Å²) in [6, 6.07) is 10.9. The number of hydrogen-bond acceptors (Lipinski definition) is 3. The Balaban J connectivity index is 2.31. The lowest BCUT2D eigenvalue weighted by Crippen LogP contribution is -2.47. The van der Waals surface area contributed by atoms with E-state index in [9.17, 15) is 0 Å². The van der Waals surface area contributed by atoms with Gasteiger partial charge in [0.15, 0.2) is 0 Å². The summed E-state index contributed by atoms with van der Waals surface area (Å²) in [4.78, 5) is 5.60. The van der Waals surface area contributed by atoms with Crippen molar-refractivity contribution in [3.63, 3.8) is 0 Å².